The van der Waals surface area contributed by atoms with Crippen LogP contribution in [0.15, 0.2) is 23.8 Å². The summed E-state index contributed by atoms with van der Waals surface area (Å²) in [6.45, 7) is 1.70. The second-order valence-electron chi connectivity index (χ2n) is 9.85. The number of hydroxylamine groups is 3. The van der Waals surface area contributed by atoms with E-state index in [2.05, 4.69) is 6.08 Å². The molecule has 7 rings (SSSR count). The number of ether oxygens (including phenoxy) is 3. The molecule has 5 heterocycles. The van der Waals surface area contributed by atoms with Gasteiger partial charge in [0.1, 0.15) is 12.6 Å². The maximum absolute atomic E-state index is 14.1. The molecule has 0 N–H and O–H groups in total. The minimum Gasteiger partial charge on any atom is -0.632 e. The van der Waals surface area contributed by atoms with Crippen molar-refractivity contribution in [1.29, 1.82) is 0 Å². The van der Waals surface area contributed by atoms with Gasteiger partial charge in [-0.2, -0.15) is 0 Å². The van der Waals surface area contributed by atoms with E-state index in [-0.39, 0.29) is 40.1 Å². The number of hydrogen-bond acceptors (Lipinski definition) is 5. The quantitative estimate of drug-likeness (QED) is 0.424. The van der Waals surface area contributed by atoms with Crippen LogP contribution in [0.3, 0.4) is 0 Å². The molecular formula is C23H26N2O5. The van der Waals surface area contributed by atoms with Gasteiger partial charge in [-0.05, 0) is 23.1 Å². The molecule has 1 spiro atoms. The second-order valence-corrected chi connectivity index (χ2v) is 9.85. The van der Waals surface area contributed by atoms with Crippen LogP contribution in [0.2, 0.25) is 0 Å². The maximum atomic E-state index is 14.1. The number of hydrogen-bond donors (Lipinski definition) is 0. The zero-order valence-electron chi connectivity index (χ0n) is 17.3. The largest absolute Gasteiger partial charge is 0.632 e. The molecule has 7 nitrogen and oxygen atoms in total. The minimum atomic E-state index is -0.328. The molecule has 0 aromatic heterocycles. The minimum absolute atomic E-state index is 0.0185. The topological polar surface area (TPSA) is 71.1 Å². The average Bonchev–Trinajstić information content (AvgIpc) is 3.15. The van der Waals surface area contributed by atoms with E-state index in [1.807, 2.05) is 17.0 Å². The summed E-state index contributed by atoms with van der Waals surface area (Å²) in [5, 5.41) is 14.1. The van der Waals surface area contributed by atoms with Gasteiger partial charge < -0.3 is 29.0 Å². The van der Waals surface area contributed by atoms with Crippen LogP contribution in [0.25, 0.3) is 0 Å². The number of amides is 1. The Hall–Kier alpha value is -2.09. The molecule has 1 saturated carbocycles. The number of quaternary nitrogens is 1. The van der Waals surface area contributed by atoms with E-state index in [1.165, 1.54) is 5.57 Å². The highest BCUT2D eigenvalue weighted by Crippen LogP contribution is 2.68. The molecule has 6 aliphatic rings. The molecule has 0 radical (unpaired) electrons. The summed E-state index contributed by atoms with van der Waals surface area (Å²) in [7, 11) is 3.26. The second kappa shape index (κ2) is 5.39. The normalized spacial score (nSPS) is 44.4. The summed E-state index contributed by atoms with van der Waals surface area (Å²) in [5.41, 5.74) is 2.96. The molecule has 1 aliphatic carbocycles. The summed E-state index contributed by atoms with van der Waals surface area (Å²) in [5.74, 6) is 1.98. The smallest absolute Gasteiger partial charge is 0.229 e. The van der Waals surface area contributed by atoms with E-state index in [0.717, 1.165) is 24.1 Å². The van der Waals surface area contributed by atoms with Crippen LogP contribution >= 0.6 is 0 Å². The Morgan fingerprint density at radius 3 is 2.87 bits per heavy atom. The molecule has 4 fully saturated rings. The molecule has 5 aliphatic heterocycles. The van der Waals surface area contributed by atoms with Crippen LogP contribution < -0.4 is 14.4 Å². The molecule has 1 aromatic rings. The summed E-state index contributed by atoms with van der Waals surface area (Å²) in [6, 6.07) is 3.96. The van der Waals surface area contributed by atoms with Gasteiger partial charge in [0.2, 0.25) is 5.91 Å². The molecule has 7 heteroatoms. The van der Waals surface area contributed by atoms with Crippen molar-refractivity contribution in [3.8, 4) is 11.5 Å². The molecule has 30 heavy (non-hydrogen) atoms. The summed E-state index contributed by atoms with van der Waals surface area (Å²) in [6.07, 6.45) is 4.18. The molecule has 7 atom stereocenters. The van der Waals surface area contributed by atoms with Gasteiger partial charge in [0, 0.05) is 24.8 Å². The molecule has 2 bridgehead atoms. The molecule has 1 amide bonds. The molecule has 2 unspecified atom stereocenters. The van der Waals surface area contributed by atoms with Crippen LogP contribution in [0.1, 0.15) is 24.8 Å². The third kappa shape index (κ3) is 1.75. The fourth-order valence-corrected chi connectivity index (χ4v) is 8.13. The zero-order valence-corrected chi connectivity index (χ0v) is 17.3. The van der Waals surface area contributed by atoms with Crippen LogP contribution in [0.4, 0.5) is 5.69 Å². The van der Waals surface area contributed by atoms with Crippen molar-refractivity contribution < 1.29 is 23.7 Å². The molecule has 1 aromatic carbocycles. The van der Waals surface area contributed by atoms with Crippen LogP contribution in [0.5, 0.6) is 11.5 Å². The lowest BCUT2D eigenvalue weighted by molar-refractivity contribution is -0.896. The third-order valence-electron chi connectivity index (χ3n) is 9.10. The third-order valence-corrected chi connectivity index (χ3v) is 9.10. The van der Waals surface area contributed by atoms with Gasteiger partial charge in [0.25, 0.3) is 0 Å². The van der Waals surface area contributed by atoms with E-state index in [9.17, 15) is 10.0 Å². The molecule has 158 valence electrons. The van der Waals surface area contributed by atoms with Crippen molar-refractivity contribution >= 4 is 11.6 Å². The standard InChI is InChI=1S/C23H26N2O5/c1-28-16-8-14-15(9-17(16)29-2)24-20(26)10-18-21-13-7-19-23(14,22(21)24)4-5-25(19,27)11-12(13)3-6-30-18/h3,8-9,13,18-19,21-22H,4-7,10-11H2,1-2H3/t13-,18-,19?,21-,22-,23+,25?/m0/s1. The highest BCUT2D eigenvalue weighted by Gasteiger charge is 2.74. The summed E-state index contributed by atoms with van der Waals surface area (Å²) >= 11 is 0. The van der Waals surface area contributed by atoms with E-state index >= 15 is 0 Å². The van der Waals surface area contributed by atoms with E-state index in [1.54, 1.807) is 14.2 Å². The van der Waals surface area contributed by atoms with Crippen molar-refractivity contribution in [1.82, 2.24) is 0 Å². The maximum Gasteiger partial charge on any atom is 0.229 e. The van der Waals surface area contributed by atoms with Crippen molar-refractivity contribution in [3.05, 3.63) is 34.6 Å². The first-order valence-corrected chi connectivity index (χ1v) is 11.0. The lowest BCUT2D eigenvalue weighted by atomic mass is 9.53. The Labute approximate surface area is 175 Å². The summed E-state index contributed by atoms with van der Waals surface area (Å²) in [4.78, 5) is 15.5. The predicted molar refractivity (Wildman–Crippen MR) is 108 cm³/mol. The predicted octanol–water partition coefficient (Wildman–Crippen LogP) is 2.12. The average molecular weight is 410 g/mol. The number of carbonyl (C=O) groups excluding carboxylic acids is 1. The first kappa shape index (κ1) is 17.6. The Morgan fingerprint density at radius 2 is 2.07 bits per heavy atom. The van der Waals surface area contributed by atoms with Crippen molar-refractivity contribution in [2.45, 2.75) is 42.9 Å². The number of carbonyl (C=O) groups is 1. The highest BCUT2D eigenvalue weighted by atomic mass is 16.6. The van der Waals surface area contributed by atoms with Gasteiger partial charge in [0.15, 0.2) is 11.5 Å². The summed E-state index contributed by atoms with van der Waals surface area (Å²) < 4.78 is 17.3. The van der Waals surface area contributed by atoms with Crippen LogP contribution in [-0.2, 0) is 14.9 Å². The SMILES string of the molecule is COc1cc2c(cc1OC)[C@@]13CC[N+]4([O-])CC5=CCO[C@H]6CC(=O)N2[C@H]1[C@H]6[C@H]5CC34. The van der Waals surface area contributed by atoms with Crippen molar-refractivity contribution in [2.75, 3.05) is 38.8 Å². The zero-order chi connectivity index (χ0) is 20.4. The lowest BCUT2D eigenvalue weighted by Crippen LogP contribution is -2.71. The Balaban J connectivity index is 1.54. The number of fused-ring (bicyclic) bond motifs is 2. The van der Waals surface area contributed by atoms with Crippen molar-refractivity contribution in [2.24, 2.45) is 11.8 Å². The van der Waals surface area contributed by atoms with Gasteiger partial charge in [-0.15, -0.1) is 0 Å². The Bertz CT molecular complexity index is 1020. The Kier molecular flexibility index (Phi) is 3.16. The number of piperidine rings is 2. The fourth-order valence-electron chi connectivity index (χ4n) is 8.13. The highest BCUT2D eigenvalue weighted by molar-refractivity contribution is 5.99. The monoisotopic (exact) mass is 410 g/mol. The van der Waals surface area contributed by atoms with Crippen LogP contribution in [0, 0.1) is 17.0 Å². The number of benzene rings is 1. The van der Waals surface area contributed by atoms with E-state index in [4.69, 9.17) is 14.2 Å². The fraction of sp³-hybridized carbons (Fsp3) is 0.609. The van der Waals surface area contributed by atoms with E-state index < -0.39 is 0 Å². The van der Waals surface area contributed by atoms with E-state index in [0.29, 0.717) is 43.5 Å². The van der Waals surface area contributed by atoms with Gasteiger partial charge in [0.05, 0.1) is 57.0 Å². The number of methoxy groups -OCH3 is 2. The lowest BCUT2D eigenvalue weighted by Gasteiger charge is -2.61. The number of anilines is 1. The Morgan fingerprint density at radius 1 is 1.27 bits per heavy atom. The first-order valence-electron chi connectivity index (χ1n) is 11.0. The van der Waals surface area contributed by atoms with Crippen LogP contribution in [-0.4, -0.2) is 62.7 Å². The molecule has 3 saturated heterocycles. The van der Waals surface area contributed by atoms with Gasteiger partial charge in [-0.25, -0.2) is 0 Å². The molecular weight excluding hydrogens is 384 g/mol. The van der Waals surface area contributed by atoms with Gasteiger partial charge in [-0.1, -0.05) is 6.08 Å². The van der Waals surface area contributed by atoms with Crippen molar-refractivity contribution in [3.63, 3.8) is 0 Å². The number of nitrogens with zero attached hydrogens (tertiary/aromatic N) is 2. The first-order chi connectivity index (χ1) is 14.5. The van der Waals surface area contributed by atoms with Gasteiger partial charge >= 0.3 is 0 Å². The van der Waals surface area contributed by atoms with Gasteiger partial charge in [-0.3, -0.25) is 4.79 Å². The number of rotatable bonds is 2.